The number of nitrogens with one attached hydrogen (secondary N) is 1. The van der Waals surface area contributed by atoms with Crippen molar-refractivity contribution in [2.24, 2.45) is 0 Å². The third-order valence-electron chi connectivity index (χ3n) is 3.18. The first-order valence-electron chi connectivity index (χ1n) is 6.37. The Labute approximate surface area is 123 Å². The van der Waals surface area contributed by atoms with E-state index in [2.05, 4.69) is 12.2 Å². The van der Waals surface area contributed by atoms with E-state index in [0.29, 0.717) is 12.1 Å². The van der Waals surface area contributed by atoms with Crippen LogP contribution in [0.4, 0.5) is 0 Å². The van der Waals surface area contributed by atoms with Gasteiger partial charge in [-0.1, -0.05) is 35.9 Å². The molecule has 0 aliphatic carbocycles. The second-order valence-electron chi connectivity index (χ2n) is 4.66. The highest BCUT2D eigenvalue weighted by Gasteiger charge is 2.05. The van der Waals surface area contributed by atoms with Gasteiger partial charge in [-0.05, 0) is 42.3 Å². The average Bonchev–Trinajstić information content (AvgIpc) is 2.46. The first-order valence-corrected chi connectivity index (χ1v) is 6.75. The lowest BCUT2D eigenvalue weighted by molar-refractivity contribution is 0.0697. The summed E-state index contributed by atoms with van der Waals surface area (Å²) < 4.78 is 0. The molecule has 0 spiro atoms. The van der Waals surface area contributed by atoms with Crippen molar-refractivity contribution in [3.8, 4) is 0 Å². The van der Waals surface area contributed by atoms with Crippen molar-refractivity contribution in [2.45, 2.75) is 19.5 Å². The number of aromatic carboxylic acids is 1. The zero-order chi connectivity index (χ0) is 14.5. The van der Waals surface area contributed by atoms with E-state index in [9.17, 15) is 4.79 Å². The van der Waals surface area contributed by atoms with Gasteiger partial charge >= 0.3 is 5.97 Å². The summed E-state index contributed by atoms with van der Waals surface area (Å²) in [7, 11) is 0. The van der Waals surface area contributed by atoms with E-state index in [0.717, 1.165) is 16.1 Å². The number of carboxylic acid groups (broad SMARTS) is 1. The molecule has 3 nitrogen and oxygen atoms in total. The monoisotopic (exact) mass is 289 g/mol. The van der Waals surface area contributed by atoms with Crippen LogP contribution in [0.15, 0.2) is 48.5 Å². The third-order valence-corrected chi connectivity index (χ3v) is 3.44. The van der Waals surface area contributed by atoms with Crippen molar-refractivity contribution >= 4 is 17.6 Å². The first kappa shape index (κ1) is 14.6. The molecule has 1 unspecified atom stereocenters. The summed E-state index contributed by atoms with van der Waals surface area (Å²) in [5.74, 6) is -0.904. The highest BCUT2D eigenvalue weighted by atomic mass is 35.5. The second kappa shape index (κ2) is 6.55. The molecule has 0 aliphatic heterocycles. The number of hydrogen-bond acceptors (Lipinski definition) is 2. The maximum absolute atomic E-state index is 10.8. The van der Waals surface area contributed by atoms with Gasteiger partial charge in [0.15, 0.2) is 0 Å². The molecule has 0 radical (unpaired) electrons. The van der Waals surface area contributed by atoms with Crippen molar-refractivity contribution in [1.82, 2.24) is 5.32 Å². The van der Waals surface area contributed by atoms with Crippen LogP contribution in [-0.4, -0.2) is 11.1 Å². The van der Waals surface area contributed by atoms with Crippen LogP contribution in [0.3, 0.4) is 0 Å². The van der Waals surface area contributed by atoms with E-state index in [-0.39, 0.29) is 6.04 Å². The number of carboxylic acids is 1. The van der Waals surface area contributed by atoms with Gasteiger partial charge in [0.1, 0.15) is 0 Å². The van der Waals surface area contributed by atoms with Crippen LogP contribution in [0.25, 0.3) is 0 Å². The maximum Gasteiger partial charge on any atom is 0.335 e. The van der Waals surface area contributed by atoms with Crippen LogP contribution in [0.5, 0.6) is 0 Å². The van der Waals surface area contributed by atoms with Gasteiger partial charge in [-0.3, -0.25) is 0 Å². The number of halogens is 1. The summed E-state index contributed by atoms with van der Waals surface area (Å²) in [6.45, 7) is 2.76. The Morgan fingerprint density at radius 2 is 1.75 bits per heavy atom. The molecule has 4 heteroatoms. The quantitative estimate of drug-likeness (QED) is 0.878. The van der Waals surface area contributed by atoms with Gasteiger partial charge in [0, 0.05) is 17.6 Å². The SMILES string of the molecule is CC(NCc1ccc(C(=O)O)cc1)c1ccc(Cl)cc1. The van der Waals surface area contributed by atoms with Crippen molar-refractivity contribution in [1.29, 1.82) is 0 Å². The summed E-state index contributed by atoms with van der Waals surface area (Å²) in [6.07, 6.45) is 0. The maximum atomic E-state index is 10.8. The molecule has 104 valence electrons. The lowest BCUT2D eigenvalue weighted by Crippen LogP contribution is -2.18. The molecule has 0 amide bonds. The fourth-order valence-corrected chi connectivity index (χ4v) is 2.03. The molecule has 0 saturated heterocycles. The molecule has 2 aromatic carbocycles. The summed E-state index contributed by atoms with van der Waals surface area (Å²) >= 11 is 5.86. The topological polar surface area (TPSA) is 49.3 Å². The Balaban J connectivity index is 1.94. The smallest absolute Gasteiger partial charge is 0.335 e. The minimum absolute atomic E-state index is 0.200. The van der Waals surface area contributed by atoms with E-state index >= 15 is 0 Å². The summed E-state index contributed by atoms with van der Waals surface area (Å²) in [6, 6.07) is 14.8. The normalized spacial score (nSPS) is 12.1. The van der Waals surface area contributed by atoms with Crippen molar-refractivity contribution in [3.63, 3.8) is 0 Å². The molecular formula is C16H16ClNO2. The van der Waals surface area contributed by atoms with Gasteiger partial charge in [-0.25, -0.2) is 4.79 Å². The van der Waals surface area contributed by atoms with Crippen LogP contribution in [-0.2, 0) is 6.54 Å². The molecule has 0 heterocycles. The predicted octanol–water partition coefficient (Wildman–Crippen LogP) is 3.89. The largest absolute Gasteiger partial charge is 0.478 e. The van der Waals surface area contributed by atoms with Gasteiger partial charge in [0.2, 0.25) is 0 Å². The fraction of sp³-hybridized carbons (Fsp3) is 0.188. The van der Waals surface area contributed by atoms with E-state index in [4.69, 9.17) is 16.7 Å². The van der Waals surface area contributed by atoms with Crippen LogP contribution in [0.2, 0.25) is 5.02 Å². The molecular weight excluding hydrogens is 274 g/mol. The van der Waals surface area contributed by atoms with Crippen molar-refractivity contribution < 1.29 is 9.90 Å². The molecule has 0 aromatic heterocycles. The van der Waals surface area contributed by atoms with Crippen molar-refractivity contribution in [2.75, 3.05) is 0 Å². The second-order valence-corrected chi connectivity index (χ2v) is 5.09. The van der Waals surface area contributed by atoms with E-state index < -0.39 is 5.97 Å². The first-order chi connectivity index (χ1) is 9.56. The minimum atomic E-state index is -0.904. The van der Waals surface area contributed by atoms with E-state index in [1.165, 1.54) is 0 Å². The number of carbonyl (C=O) groups is 1. The van der Waals surface area contributed by atoms with Crippen molar-refractivity contribution in [3.05, 3.63) is 70.2 Å². The van der Waals surface area contributed by atoms with Crippen LogP contribution in [0, 0.1) is 0 Å². The summed E-state index contributed by atoms with van der Waals surface area (Å²) in [5.41, 5.74) is 2.52. The lowest BCUT2D eigenvalue weighted by Gasteiger charge is -2.14. The molecule has 0 aliphatic rings. The zero-order valence-electron chi connectivity index (χ0n) is 11.1. The Hall–Kier alpha value is -1.84. The van der Waals surface area contributed by atoms with Gasteiger partial charge in [0.05, 0.1) is 5.56 Å². The Bertz CT molecular complexity index is 578. The molecule has 2 aromatic rings. The molecule has 2 N–H and O–H groups in total. The molecule has 0 bridgehead atoms. The van der Waals surface area contributed by atoms with Gasteiger partial charge in [-0.2, -0.15) is 0 Å². The fourth-order valence-electron chi connectivity index (χ4n) is 1.91. The highest BCUT2D eigenvalue weighted by Crippen LogP contribution is 2.16. The van der Waals surface area contributed by atoms with Crippen LogP contribution < -0.4 is 5.32 Å². The average molecular weight is 290 g/mol. The summed E-state index contributed by atoms with van der Waals surface area (Å²) in [4.78, 5) is 10.8. The molecule has 2 rings (SSSR count). The number of benzene rings is 2. The predicted molar refractivity (Wildman–Crippen MR) is 80.1 cm³/mol. The minimum Gasteiger partial charge on any atom is -0.478 e. The molecule has 0 saturated carbocycles. The highest BCUT2D eigenvalue weighted by molar-refractivity contribution is 6.30. The number of rotatable bonds is 5. The zero-order valence-corrected chi connectivity index (χ0v) is 11.9. The van der Waals surface area contributed by atoms with Crippen LogP contribution >= 0.6 is 11.6 Å². The standard InChI is InChI=1S/C16H16ClNO2/c1-11(13-6-8-15(17)9-7-13)18-10-12-2-4-14(5-3-12)16(19)20/h2-9,11,18H,10H2,1H3,(H,19,20). The Morgan fingerprint density at radius 1 is 1.15 bits per heavy atom. The summed E-state index contributed by atoms with van der Waals surface area (Å²) in [5, 5.41) is 13.0. The molecule has 0 fully saturated rings. The third kappa shape index (κ3) is 3.83. The lowest BCUT2D eigenvalue weighted by atomic mass is 10.1. The van der Waals surface area contributed by atoms with E-state index in [1.807, 2.05) is 36.4 Å². The van der Waals surface area contributed by atoms with Gasteiger partial charge in [0.25, 0.3) is 0 Å². The Morgan fingerprint density at radius 3 is 2.30 bits per heavy atom. The number of hydrogen-bond donors (Lipinski definition) is 2. The molecule has 1 atom stereocenters. The van der Waals surface area contributed by atoms with Gasteiger partial charge < -0.3 is 10.4 Å². The van der Waals surface area contributed by atoms with Gasteiger partial charge in [-0.15, -0.1) is 0 Å². The molecule has 20 heavy (non-hydrogen) atoms. The Kier molecular flexibility index (Phi) is 4.77. The van der Waals surface area contributed by atoms with E-state index in [1.54, 1.807) is 12.1 Å². The van der Waals surface area contributed by atoms with Crippen LogP contribution in [0.1, 0.15) is 34.5 Å².